The van der Waals surface area contributed by atoms with Gasteiger partial charge in [0.1, 0.15) is 18.4 Å². The van der Waals surface area contributed by atoms with Crippen LogP contribution in [-0.4, -0.2) is 37.6 Å². The molecule has 1 aliphatic rings. The summed E-state index contributed by atoms with van der Waals surface area (Å²) in [5.74, 6) is 0.242. The van der Waals surface area contributed by atoms with E-state index in [2.05, 4.69) is 13.0 Å². The highest BCUT2D eigenvalue weighted by atomic mass is 16.6. The van der Waals surface area contributed by atoms with Crippen LogP contribution in [0.2, 0.25) is 0 Å². The summed E-state index contributed by atoms with van der Waals surface area (Å²) in [6.07, 6.45) is 15.7. The Hall–Kier alpha value is -2.07. The minimum Gasteiger partial charge on any atom is -0.493 e. The monoisotopic (exact) mass is 331 g/mol. The molecular weight excluding hydrogens is 302 g/mol. The quantitative estimate of drug-likeness (QED) is 0.495. The maximum Gasteiger partial charge on any atom is 0.332 e. The summed E-state index contributed by atoms with van der Waals surface area (Å²) in [6, 6.07) is -0.429. The Bertz CT molecular complexity index is 565. The number of nitrogens with zero attached hydrogens (tertiary/aromatic N) is 1. The van der Waals surface area contributed by atoms with E-state index in [1.54, 1.807) is 6.26 Å². The van der Waals surface area contributed by atoms with Gasteiger partial charge in [-0.1, -0.05) is 43.7 Å². The third-order valence-electron chi connectivity index (χ3n) is 3.46. The van der Waals surface area contributed by atoms with Gasteiger partial charge in [0, 0.05) is 0 Å². The number of hydrogen-bond donors (Lipinski definition) is 0. The Balaban J connectivity index is 2.74. The fourth-order valence-electron chi connectivity index (χ4n) is 2.34. The fraction of sp³-hybridized carbons (Fsp3) is 0.450. The number of carbonyl (C=O) groups is 1. The number of esters is 1. The van der Waals surface area contributed by atoms with E-state index in [-0.39, 0.29) is 12.6 Å². The molecule has 4 nitrogen and oxygen atoms in total. The van der Waals surface area contributed by atoms with Crippen LogP contribution in [0.25, 0.3) is 0 Å². The second-order valence-electron chi connectivity index (χ2n) is 6.08. The summed E-state index contributed by atoms with van der Waals surface area (Å²) in [5, 5.41) is 0. The van der Waals surface area contributed by atoms with Crippen molar-refractivity contribution < 1.29 is 14.3 Å². The summed E-state index contributed by atoms with van der Waals surface area (Å²) >= 11 is 0. The Morgan fingerprint density at radius 1 is 1.38 bits per heavy atom. The van der Waals surface area contributed by atoms with Crippen molar-refractivity contribution in [1.82, 2.24) is 4.90 Å². The van der Waals surface area contributed by atoms with Gasteiger partial charge in [-0.2, -0.15) is 0 Å². The number of allylic oxidation sites excluding steroid dienone is 7. The first-order valence-corrected chi connectivity index (χ1v) is 8.32. The van der Waals surface area contributed by atoms with E-state index in [1.165, 1.54) is 0 Å². The Kier molecular flexibility index (Phi) is 8.87. The Morgan fingerprint density at radius 3 is 2.75 bits per heavy atom. The number of hydrogen-bond acceptors (Lipinski definition) is 4. The van der Waals surface area contributed by atoms with Crippen LogP contribution in [0.1, 0.15) is 33.6 Å². The van der Waals surface area contributed by atoms with E-state index < -0.39 is 6.04 Å². The third-order valence-corrected chi connectivity index (χ3v) is 3.46. The second kappa shape index (κ2) is 10.7. The van der Waals surface area contributed by atoms with Crippen molar-refractivity contribution in [2.45, 2.75) is 39.7 Å². The lowest BCUT2D eigenvalue weighted by molar-refractivity contribution is -0.144. The molecule has 0 amide bonds. The molecule has 0 bridgehead atoms. The van der Waals surface area contributed by atoms with Crippen LogP contribution in [0.5, 0.6) is 0 Å². The molecule has 0 spiro atoms. The minimum absolute atomic E-state index is 0.286. The standard InChI is InChI=1S/C20H29NO3/c1-6-7-8-9-10-11-12-17(3)19(21(4)5)20(22)24-18-13-16(2)14-23-15-18/h8-14,19H,6-7,15H2,1-5H3/t19-/m0/s1. The average Bonchev–Trinajstić information content (AvgIpc) is 2.50. The molecule has 0 aliphatic carbocycles. The molecule has 0 radical (unpaired) electrons. The van der Waals surface area contributed by atoms with E-state index in [1.807, 2.05) is 63.2 Å². The fourth-order valence-corrected chi connectivity index (χ4v) is 2.34. The third kappa shape index (κ3) is 7.01. The van der Waals surface area contributed by atoms with Gasteiger partial charge in [0.2, 0.25) is 0 Å². The lowest BCUT2D eigenvalue weighted by Gasteiger charge is -2.24. The molecule has 4 heteroatoms. The van der Waals surface area contributed by atoms with Gasteiger partial charge in [-0.25, -0.2) is 4.79 Å². The van der Waals surface area contributed by atoms with Gasteiger partial charge in [0.15, 0.2) is 0 Å². The van der Waals surface area contributed by atoms with E-state index in [9.17, 15) is 4.79 Å². The molecule has 0 saturated heterocycles. The minimum atomic E-state index is -0.429. The van der Waals surface area contributed by atoms with Gasteiger partial charge < -0.3 is 9.47 Å². The molecule has 0 aromatic rings. The summed E-state index contributed by atoms with van der Waals surface area (Å²) in [6.45, 7) is 6.27. The first-order chi connectivity index (χ1) is 11.5. The Labute approximate surface area is 145 Å². The molecule has 1 atom stereocenters. The van der Waals surface area contributed by atoms with Crippen LogP contribution in [-0.2, 0) is 14.3 Å². The number of carbonyl (C=O) groups excluding carboxylic acids is 1. The zero-order valence-corrected chi connectivity index (χ0v) is 15.4. The summed E-state index contributed by atoms with van der Waals surface area (Å²) in [4.78, 5) is 14.4. The largest absolute Gasteiger partial charge is 0.493 e. The van der Waals surface area contributed by atoms with Crippen molar-refractivity contribution in [3.05, 3.63) is 59.6 Å². The zero-order valence-electron chi connectivity index (χ0n) is 15.4. The van der Waals surface area contributed by atoms with Crippen molar-refractivity contribution in [2.24, 2.45) is 0 Å². The first-order valence-electron chi connectivity index (χ1n) is 8.32. The predicted octanol–water partition coefficient (Wildman–Crippen LogP) is 4.14. The van der Waals surface area contributed by atoms with Crippen LogP contribution >= 0.6 is 0 Å². The molecule has 0 fully saturated rings. The maximum atomic E-state index is 12.5. The summed E-state index contributed by atoms with van der Waals surface area (Å²) in [5.41, 5.74) is 1.86. The molecule has 132 valence electrons. The molecule has 0 N–H and O–H groups in total. The molecule has 1 heterocycles. The van der Waals surface area contributed by atoms with Crippen molar-refractivity contribution in [2.75, 3.05) is 20.7 Å². The van der Waals surface area contributed by atoms with Gasteiger partial charge in [0.25, 0.3) is 0 Å². The molecular formula is C20H29NO3. The highest BCUT2D eigenvalue weighted by molar-refractivity contribution is 5.80. The molecule has 0 unspecified atom stereocenters. The van der Waals surface area contributed by atoms with E-state index >= 15 is 0 Å². The van der Waals surface area contributed by atoms with Gasteiger partial charge >= 0.3 is 5.97 Å². The molecule has 24 heavy (non-hydrogen) atoms. The van der Waals surface area contributed by atoms with Crippen molar-refractivity contribution >= 4 is 5.97 Å². The molecule has 1 rings (SSSR count). The lowest BCUT2D eigenvalue weighted by Crippen LogP contribution is -2.38. The van der Waals surface area contributed by atoms with Crippen LogP contribution in [0.4, 0.5) is 0 Å². The van der Waals surface area contributed by atoms with Gasteiger partial charge in [-0.3, -0.25) is 4.90 Å². The second-order valence-corrected chi connectivity index (χ2v) is 6.08. The van der Waals surface area contributed by atoms with Crippen LogP contribution < -0.4 is 0 Å². The van der Waals surface area contributed by atoms with Gasteiger partial charge in [-0.05, 0) is 51.6 Å². The summed E-state index contributed by atoms with van der Waals surface area (Å²) in [7, 11) is 3.73. The Morgan fingerprint density at radius 2 is 2.12 bits per heavy atom. The molecule has 0 aromatic carbocycles. The van der Waals surface area contributed by atoms with Crippen molar-refractivity contribution in [3.8, 4) is 0 Å². The highest BCUT2D eigenvalue weighted by Gasteiger charge is 2.25. The number of rotatable bonds is 8. The normalized spacial score (nSPS) is 17.0. The van der Waals surface area contributed by atoms with E-state index in [0.29, 0.717) is 5.76 Å². The topological polar surface area (TPSA) is 38.8 Å². The summed E-state index contributed by atoms with van der Waals surface area (Å²) < 4.78 is 10.8. The van der Waals surface area contributed by atoms with Crippen LogP contribution in [0.15, 0.2) is 59.6 Å². The van der Waals surface area contributed by atoms with Gasteiger partial charge in [0.05, 0.1) is 6.26 Å². The SMILES string of the molecule is CCCC=CC=CC=C(C)[C@@H](C(=O)OC1=CC(C)=COC1)N(C)C. The average molecular weight is 331 g/mol. The predicted molar refractivity (Wildman–Crippen MR) is 98.3 cm³/mol. The lowest BCUT2D eigenvalue weighted by atomic mass is 10.1. The van der Waals surface area contributed by atoms with E-state index in [4.69, 9.17) is 9.47 Å². The number of ether oxygens (including phenoxy) is 2. The smallest absolute Gasteiger partial charge is 0.332 e. The van der Waals surface area contributed by atoms with Gasteiger partial charge in [-0.15, -0.1) is 0 Å². The molecule has 0 saturated carbocycles. The molecule has 1 aliphatic heterocycles. The number of unbranched alkanes of at least 4 members (excludes halogenated alkanes) is 1. The highest BCUT2D eigenvalue weighted by Crippen LogP contribution is 2.16. The molecule has 0 aromatic heterocycles. The first kappa shape index (κ1) is 20.0. The number of likely N-dealkylation sites (N-methyl/N-ethyl adjacent to an activating group) is 1. The van der Waals surface area contributed by atoms with E-state index in [0.717, 1.165) is 24.0 Å². The van der Waals surface area contributed by atoms with Crippen LogP contribution in [0, 0.1) is 0 Å². The van der Waals surface area contributed by atoms with Crippen LogP contribution in [0.3, 0.4) is 0 Å². The zero-order chi connectivity index (χ0) is 17.9. The van der Waals surface area contributed by atoms with Crippen molar-refractivity contribution in [3.63, 3.8) is 0 Å². The van der Waals surface area contributed by atoms with Crippen molar-refractivity contribution in [1.29, 1.82) is 0 Å². The maximum absolute atomic E-state index is 12.5.